The summed E-state index contributed by atoms with van der Waals surface area (Å²) in [6, 6.07) is 6.55. The molecule has 2 heterocycles. The van der Waals surface area contributed by atoms with Gasteiger partial charge in [-0.2, -0.15) is 0 Å². The monoisotopic (exact) mass is 186 g/mol. The normalized spacial score (nSPS) is 15.8. The maximum absolute atomic E-state index is 4.68. The number of aromatic nitrogens is 2. The molecule has 3 rings (SSSR count). The van der Waals surface area contributed by atoms with Crippen LogP contribution in [0.1, 0.15) is 24.2 Å². The number of imidazole rings is 1. The van der Waals surface area contributed by atoms with Gasteiger partial charge in [-0.25, -0.2) is 4.98 Å². The molecule has 1 aromatic carbocycles. The van der Waals surface area contributed by atoms with Gasteiger partial charge in [-0.1, -0.05) is 6.07 Å². The Kier molecular flexibility index (Phi) is 1.63. The highest BCUT2D eigenvalue weighted by Crippen LogP contribution is 2.22. The van der Waals surface area contributed by atoms with E-state index in [0.29, 0.717) is 0 Å². The molecule has 0 N–H and O–H groups in total. The lowest BCUT2D eigenvalue weighted by Crippen LogP contribution is -2.09. The van der Waals surface area contributed by atoms with Gasteiger partial charge in [-0.05, 0) is 37.5 Å². The van der Waals surface area contributed by atoms with Gasteiger partial charge in [-0.15, -0.1) is 0 Å². The third kappa shape index (κ3) is 1.07. The molecule has 72 valence electrons. The predicted molar refractivity (Wildman–Crippen MR) is 57.4 cm³/mol. The number of hydrogen-bond acceptors (Lipinski definition) is 1. The minimum Gasteiger partial charge on any atom is -0.328 e. The third-order valence-corrected chi connectivity index (χ3v) is 3.01. The zero-order chi connectivity index (χ0) is 9.54. The average Bonchev–Trinajstić information content (AvgIpc) is 2.54. The minimum atomic E-state index is 1.15. The number of rotatable bonds is 0. The molecule has 0 unspecified atom stereocenters. The van der Waals surface area contributed by atoms with Gasteiger partial charge in [0, 0.05) is 13.0 Å². The molecule has 0 aliphatic carbocycles. The highest BCUT2D eigenvalue weighted by Gasteiger charge is 2.13. The van der Waals surface area contributed by atoms with Crippen LogP contribution >= 0.6 is 0 Å². The Bertz CT molecular complexity index is 482. The molecule has 0 radical (unpaired) electrons. The van der Waals surface area contributed by atoms with Crippen LogP contribution in [0.5, 0.6) is 0 Å². The lowest BCUT2D eigenvalue weighted by Gasteiger charge is -2.13. The summed E-state index contributed by atoms with van der Waals surface area (Å²) in [5.41, 5.74) is 3.78. The largest absolute Gasteiger partial charge is 0.328 e. The lowest BCUT2D eigenvalue weighted by atomic mass is 10.1. The van der Waals surface area contributed by atoms with E-state index in [1.807, 2.05) is 0 Å². The van der Waals surface area contributed by atoms with E-state index in [-0.39, 0.29) is 0 Å². The molecule has 14 heavy (non-hydrogen) atoms. The number of hydrogen-bond donors (Lipinski definition) is 0. The van der Waals surface area contributed by atoms with Crippen LogP contribution in [0.3, 0.4) is 0 Å². The molecular formula is C12H14N2. The quantitative estimate of drug-likeness (QED) is 0.618. The summed E-state index contributed by atoms with van der Waals surface area (Å²) in [4.78, 5) is 4.68. The second kappa shape index (κ2) is 2.84. The first-order valence-corrected chi connectivity index (χ1v) is 5.30. The third-order valence-electron chi connectivity index (χ3n) is 3.01. The molecule has 0 saturated carbocycles. The van der Waals surface area contributed by atoms with Crippen LogP contribution in [0.2, 0.25) is 0 Å². The van der Waals surface area contributed by atoms with Crippen molar-refractivity contribution in [1.82, 2.24) is 9.55 Å². The summed E-state index contributed by atoms with van der Waals surface area (Å²) in [6.45, 7) is 3.27. The van der Waals surface area contributed by atoms with Crippen LogP contribution in [-0.2, 0) is 13.0 Å². The molecule has 0 amide bonds. The summed E-state index contributed by atoms with van der Waals surface area (Å²) in [5.74, 6) is 1.27. The predicted octanol–water partition coefficient (Wildman–Crippen LogP) is 2.68. The standard InChI is InChI=1S/C12H14N2/c1-9-5-6-11-10(8-9)13-12-4-2-3-7-14(11)12/h5-6,8H,2-4,7H2,1H3. The van der Waals surface area contributed by atoms with Gasteiger partial charge in [0.2, 0.25) is 0 Å². The van der Waals surface area contributed by atoms with Gasteiger partial charge in [0.15, 0.2) is 0 Å². The second-order valence-electron chi connectivity index (χ2n) is 4.13. The van der Waals surface area contributed by atoms with E-state index in [2.05, 4.69) is 34.7 Å². The van der Waals surface area contributed by atoms with Crippen molar-refractivity contribution in [3.63, 3.8) is 0 Å². The number of fused-ring (bicyclic) bond motifs is 3. The van der Waals surface area contributed by atoms with E-state index >= 15 is 0 Å². The maximum atomic E-state index is 4.68. The van der Waals surface area contributed by atoms with E-state index in [9.17, 15) is 0 Å². The van der Waals surface area contributed by atoms with Crippen molar-refractivity contribution in [2.45, 2.75) is 32.7 Å². The smallest absolute Gasteiger partial charge is 0.109 e. The Morgan fingerprint density at radius 2 is 2.21 bits per heavy atom. The molecule has 0 saturated heterocycles. The van der Waals surface area contributed by atoms with Crippen molar-refractivity contribution >= 4 is 11.0 Å². The zero-order valence-corrected chi connectivity index (χ0v) is 8.45. The number of aryl methyl sites for hydroxylation is 3. The van der Waals surface area contributed by atoms with Crippen molar-refractivity contribution in [2.75, 3.05) is 0 Å². The summed E-state index contributed by atoms with van der Waals surface area (Å²) in [6.07, 6.45) is 3.74. The summed E-state index contributed by atoms with van der Waals surface area (Å²) in [5, 5.41) is 0. The fourth-order valence-electron chi connectivity index (χ4n) is 2.28. The van der Waals surface area contributed by atoms with Crippen molar-refractivity contribution in [3.8, 4) is 0 Å². The van der Waals surface area contributed by atoms with Crippen LogP contribution in [0.15, 0.2) is 18.2 Å². The molecular weight excluding hydrogens is 172 g/mol. The first-order chi connectivity index (χ1) is 6.84. The molecule has 0 bridgehead atoms. The molecule has 2 aromatic rings. The molecule has 0 atom stereocenters. The Morgan fingerprint density at radius 3 is 3.14 bits per heavy atom. The summed E-state index contributed by atoms with van der Waals surface area (Å²) in [7, 11) is 0. The summed E-state index contributed by atoms with van der Waals surface area (Å²) >= 11 is 0. The molecule has 1 aliphatic rings. The Labute approximate surface area is 83.6 Å². The Hall–Kier alpha value is -1.31. The Morgan fingerprint density at radius 1 is 1.29 bits per heavy atom. The second-order valence-corrected chi connectivity index (χ2v) is 4.13. The molecule has 0 fully saturated rings. The lowest BCUT2D eigenvalue weighted by molar-refractivity contribution is 0.533. The zero-order valence-electron chi connectivity index (χ0n) is 8.45. The average molecular weight is 186 g/mol. The summed E-state index contributed by atoms with van der Waals surface area (Å²) < 4.78 is 2.37. The molecule has 1 aliphatic heterocycles. The van der Waals surface area contributed by atoms with E-state index < -0.39 is 0 Å². The minimum absolute atomic E-state index is 1.15. The fraction of sp³-hybridized carbons (Fsp3) is 0.417. The van der Waals surface area contributed by atoms with E-state index in [0.717, 1.165) is 13.0 Å². The molecule has 2 nitrogen and oxygen atoms in total. The molecule has 0 spiro atoms. The maximum Gasteiger partial charge on any atom is 0.109 e. The fourth-order valence-corrected chi connectivity index (χ4v) is 2.28. The van der Waals surface area contributed by atoms with Crippen LogP contribution in [0.4, 0.5) is 0 Å². The first-order valence-electron chi connectivity index (χ1n) is 5.30. The van der Waals surface area contributed by atoms with Crippen molar-refractivity contribution in [1.29, 1.82) is 0 Å². The molecule has 1 aromatic heterocycles. The van der Waals surface area contributed by atoms with Gasteiger partial charge < -0.3 is 4.57 Å². The van der Waals surface area contributed by atoms with Gasteiger partial charge in [0.1, 0.15) is 5.82 Å². The van der Waals surface area contributed by atoms with Gasteiger partial charge in [0.05, 0.1) is 11.0 Å². The van der Waals surface area contributed by atoms with Crippen molar-refractivity contribution in [3.05, 3.63) is 29.6 Å². The van der Waals surface area contributed by atoms with E-state index in [1.165, 1.54) is 35.3 Å². The van der Waals surface area contributed by atoms with Crippen LogP contribution in [0.25, 0.3) is 11.0 Å². The van der Waals surface area contributed by atoms with E-state index in [1.54, 1.807) is 0 Å². The topological polar surface area (TPSA) is 17.8 Å². The van der Waals surface area contributed by atoms with Crippen LogP contribution in [-0.4, -0.2) is 9.55 Å². The Balaban J connectivity index is 2.31. The highest BCUT2D eigenvalue weighted by atomic mass is 15.1. The highest BCUT2D eigenvalue weighted by molar-refractivity contribution is 5.77. The van der Waals surface area contributed by atoms with Crippen molar-refractivity contribution < 1.29 is 0 Å². The number of benzene rings is 1. The van der Waals surface area contributed by atoms with Crippen LogP contribution < -0.4 is 0 Å². The van der Waals surface area contributed by atoms with Gasteiger partial charge >= 0.3 is 0 Å². The first kappa shape index (κ1) is 8.04. The molecule has 2 heteroatoms. The van der Waals surface area contributed by atoms with Gasteiger partial charge in [-0.3, -0.25) is 0 Å². The van der Waals surface area contributed by atoms with E-state index in [4.69, 9.17) is 0 Å². The van der Waals surface area contributed by atoms with Gasteiger partial charge in [0.25, 0.3) is 0 Å². The SMILES string of the molecule is Cc1ccc2c(c1)nc1n2CCCC1. The van der Waals surface area contributed by atoms with Crippen molar-refractivity contribution in [2.24, 2.45) is 0 Å². The van der Waals surface area contributed by atoms with Crippen LogP contribution in [0, 0.1) is 6.92 Å². The number of nitrogens with zero attached hydrogens (tertiary/aromatic N) is 2.